The average molecular weight is 282 g/mol. The van der Waals surface area contributed by atoms with Gasteiger partial charge in [0.25, 0.3) is 0 Å². The first-order chi connectivity index (χ1) is 7.81. The minimum absolute atomic E-state index is 0.722. The van der Waals surface area contributed by atoms with Crippen molar-refractivity contribution in [2.24, 2.45) is 5.92 Å². The van der Waals surface area contributed by atoms with Crippen molar-refractivity contribution in [2.75, 3.05) is 13.1 Å². The molecule has 2 heteroatoms. The molecule has 1 aliphatic rings. The van der Waals surface area contributed by atoms with Crippen molar-refractivity contribution in [3.8, 4) is 0 Å². The number of hydrogen-bond donors (Lipinski definition) is 1. The summed E-state index contributed by atoms with van der Waals surface area (Å²) in [4.78, 5) is 0. The van der Waals surface area contributed by atoms with Gasteiger partial charge in [-0.1, -0.05) is 35.0 Å². The number of benzene rings is 1. The van der Waals surface area contributed by atoms with Gasteiger partial charge in [0, 0.05) is 11.0 Å². The topological polar surface area (TPSA) is 12.0 Å². The van der Waals surface area contributed by atoms with Gasteiger partial charge < -0.3 is 5.32 Å². The summed E-state index contributed by atoms with van der Waals surface area (Å²) < 4.78 is 1.17. The summed E-state index contributed by atoms with van der Waals surface area (Å²) in [7, 11) is 0. The van der Waals surface area contributed by atoms with Crippen LogP contribution in [0.15, 0.2) is 28.7 Å². The van der Waals surface area contributed by atoms with Crippen molar-refractivity contribution in [2.45, 2.75) is 32.1 Å². The summed E-state index contributed by atoms with van der Waals surface area (Å²) in [6.07, 6.45) is 4.04. The third kappa shape index (κ3) is 3.33. The molecule has 0 amide bonds. The first kappa shape index (κ1) is 12.1. The number of nitrogens with one attached hydrogen (secondary N) is 1. The van der Waals surface area contributed by atoms with E-state index in [0.29, 0.717) is 0 Å². The Morgan fingerprint density at radius 1 is 1.31 bits per heavy atom. The van der Waals surface area contributed by atoms with E-state index < -0.39 is 0 Å². The highest BCUT2D eigenvalue weighted by molar-refractivity contribution is 9.10. The molecule has 16 heavy (non-hydrogen) atoms. The summed E-state index contributed by atoms with van der Waals surface area (Å²) >= 11 is 3.50. The molecule has 1 N–H and O–H groups in total. The molecule has 1 unspecified atom stereocenters. The van der Waals surface area contributed by atoms with E-state index in [1.807, 2.05) is 0 Å². The minimum Gasteiger partial charge on any atom is -0.316 e. The summed E-state index contributed by atoms with van der Waals surface area (Å²) in [5.74, 6) is 1.64. The predicted octanol–water partition coefficient (Wildman–Crippen LogP) is 3.94. The Morgan fingerprint density at radius 3 is 2.56 bits per heavy atom. The highest BCUT2D eigenvalue weighted by atomic mass is 79.9. The fraction of sp³-hybridized carbons (Fsp3) is 0.571. The second-order valence-electron chi connectivity index (χ2n) is 4.70. The van der Waals surface area contributed by atoms with Crippen LogP contribution in [0, 0.1) is 5.92 Å². The maximum Gasteiger partial charge on any atom is 0.0175 e. The van der Waals surface area contributed by atoms with Crippen LogP contribution in [0.1, 0.15) is 37.7 Å². The Kier molecular flexibility index (Phi) is 4.42. The largest absolute Gasteiger partial charge is 0.316 e. The van der Waals surface area contributed by atoms with Crippen molar-refractivity contribution in [1.82, 2.24) is 5.32 Å². The first-order valence-electron chi connectivity index (χ1n) is 6.27. The predicted molar refractivity (Wildman–Crippen MR) is 72.8 cm³/mol. The smallest absolute Gasteiger partial charge is 0.0175 e. The third-order valence-corrected chi connectivity index (χ3v) is 3.81. The molecule has 0 radical (unpaired) electrons. The fourth-order valence-corrected chi connectivity index (χ4v) is 2.46. The maximum atomic E-state index is 3.56. The van der Waals surface area contributed by atoms with Gasteiger partial charge in [-0.3, -0.25) is 0 Å². The van der Waals surface area contributed by atoms with E-state index in [-0.39, 0.29) is 0 Å². The van der Waals surface area contributed by atoms with Crippen LogP contribution in [0.3, 0.4) is 0 Å². The van der Waals surface area contributed by atoms with Gasteiger partial charge in [0.15, 0.2) is 0 Å². The van der Waals surface area contributed by atoms with E-state index in [1.165, 1.54) is 29.3 Å². The van der Waals surface area contributed by atoms with Gasteiger partial charge in [-0.05, 0) is 55.3 Å². The van der Waals surface area contributed by atoms with Gasteiger partial charge in [0.1, 0.15) is 0 Å². The van der Waals surface area contributed by atoms with Crippen LogP contribution in [-0.4, -0.2) is 13.1 Å². The van der Waals surface area contributed by atoms with Crippen LogP contribution in [0.5, 0.6) is 0 Å². The molecule has 0 bridgehead atoms. The second kappa shape index (κ2) is 5.83. The molecular weight excluding hydrogens is 262 g/mol. The van der Waals surface area contributed by atoms with Crippen molar-refractivity contribution < 1.29 is 0 Å². The summed E-state index contributed by atoms with van der Waals surface area (Å²) in [6.45, 7) is 4.50. The third-order valence-electron chi connectivity index (χ3n) is 3.28. The first-order valence-corrected chi connectivity index (χ1v) is 7.06. The van der Waals surface area contributed by atoms with Gasteiger partial charge in [-0.25, -0.2) is 0 Å². The van der Waals surface area contributed by atoms with Crippen LogP contribution < -0.4 is 5.32 Å². The van der Waals surface area contributed by atoms with E-state index >= 15 is 0 Å². The monoisotopic (exact) mass is 281 g/mol. The quantitative estimate of drug-likeness (QED) is 0.779. The van der Waals surface area contributed by atoms with Crippen molar-refractivity contribution in [3.63, 3.8) is 0 Å². The number of hydrogen-bond acceptors (Lipinski definition) is 1. The molecular formula is C14H20BrN. The van der Waals surface area contributed by atoms with Crippen molar-refractivity contribution in [3.05, 3.63) is 34.3 Å². The minimum atomic E-state index is 0.722. The molecule has 0 spiro atoms. The Balaban J connectivity index is 1.98. The fourth-order valence-electron chi connectivity index (χ4n) is 2.20. The van der Waals surface area contributed by atoms with Crippen LogP contribution in [0.2, 0.25) is 0 Å². The van der Waals surface area contributed by atoms with Crippen molar-refractivity contribution in [1.29, 1.82) is 0 Å². The molecule has 1 fully saturated rings. The molecule has 2 rings (SSSR count). The van der Waals surface area contributed by atoms with E-state index in [4.69, 9.17) is 0 Å². The Morgan fingerprint density at radius 2 is 2.00 bits per heavy atom. The van der Waals surface area contributed by atoms with Crippen LogP contribution in [0.4, 0.5) is 0 Å². The lowest BCUT2D eigenvalue weighted by Gasteiger charge is -2.17. The zero-order valence-corrected chi connectivity index (χ0v) is 11.5. The van der Waals surface area contributed by atoms with E-state index in [0.717, 1.165) is 24.9 Å². The lowest BCUT2D eigenvalue weighted by Crippen LogP contribution is -2.23. The van der Waals surface area contributed by atoms with Crippen LogP contribution in [0.25, 0.3) is 0 Å². The highest BCUT2D eigenvalue weighted by Gasteiger charge is 2.31. The molecule has 0 aromatic heterocycles. The zero-order valence-electron chi connectivity index (χ0n) is 9.88. The molecule has 1 aliphatic carbocycles. The Hall–Kier alpha value is -0.340. The summed E-state index contributed by atoms with van der Waals surface area (Å²) in [5, 5.41) is 3.56. The normalized spacial score (nSPS) is 17.4. The van der Waals surface area contributed by atoms with Crippen molar-refractivity contribution >= 4 is 15.9 Å². The van der Waals surface area contributed by atoms with Gasteiger partial charge >= 0.3 is 0 Å². The number of rotatable bonds is 6. The molecule has 1 saturated carbocycles. The van der Waals surface area contributed by atoms with Crippen LogP contribution >= 0.6 is 15.9 Å². The molecule has 0 aliphatic heterocycles. The van der Waals surface area contributed by atoms with Gasteiger partial charge in [0.05, 0.1) is 0 Å². The average Bonchev–Trinajstić information content (AvgIpc) is 3.10. The standard InChI is InChI=1S/C14H20BrN/c1-2-9-16-10-14(11-3-4-11)12-5-7-13(15)8-6-12/h5-8,11,14,16H,2-4,9-10H2,1H3. The molecule has 1 atom stereocenters. The van der Waals surface area contributed by atoms with Gasteiger partial charge in [-0.2, -0.15) is 0 Å². The summed E-state index contributed by atoms with van der Waals surface area (Å²) in [5.41, 5.74) is 1.49. The Labute approximate surface area is 107 Å². The molecule has 1 aromatic carbocycles. The van der Waals surface area contributed by atoms with E-state index in [9.17, 15) is 0 Å². The lowest BCUT2D eigenvalue weighted by molar-refractivity contribution is 0.534. The van der Waals surface area contributed by atoms with E-state index in [1.54, 1.807) is 0 Å². The molecule has 0 heterocycles. The van der Waals surface area contributed by atoms with E-state index in [2.05, 4.69) is 52.4 Å². The SMILES string of the molecule is CCCNCC(c1ccc(Br)cc1)C1CC1. The molecule has 1 nitrogen and oxygen atoms in total. The molecule has 88 valence electrons. The van der Waals surface area contributed by atoms with Gasteiger partial charge in [-0.15, -0.1) is 0 Å². The Bertz CT molecular complexity index is 316. The maximum absolute atomic E-state index is 3.56. The number of halogens is 1. The highest BCUT2D eigenvalue weighted by Crippen LogP contribution is 2.42. The lowest BCUT2D eigenvalue weighted by atomic mass is 9.94. The molecule has 1 aromatic rings. The van der Waals surface area contributed by atoms with Crippen LogP contribution in [-0.2, 0) is 0 Å². The van der Waals surface area contributed by atoms with Gasteiger partial charge in [0.2, 0.25) is 0 Å². The zero-order chi connectivity index (χ0) is 11.4. The molecule has 0 saturated heterocycles. The summed E-state index contributed by atoms with van der Waals surface area (Å²) in [6, 6.07) is 8.84. The second-order valence-corrected chi connectivity index (χ2v) is 5.62.